The van der Waals surface area contributed by atoms with Crippen LogP contribution in [0.1, 0.15) is 75.2 Å². The summed E-state index contributed by atoms with van der Waals surface area (Å²) in [5, 5.41) is 58.4. The van der Waals surface area contributed by atoms with Crippen LogP contribution in [0.15, 0.2) is 45.4 Å². The first-order chi connectivity index (χ1) is 29.9. The lowest BCUT2D eigenvalue weighted by Crippen LogP contribution is -2.51. The summed E-state index contributed by atoms with van der Waals surface area (Å²) < 4.78 is 23.7. The largest absolute Gasteiger partial charge is 0.490 e. The van der Waals surface area contributed by atoms with Crippen molar-refractivity contribution in [2.75, 3.05) is 36.9 Å². The number of aliphatic hydroxyl groups is 4. The number of anilines is 2. The topological polar surface area (TPSA) is 253 Å². The van der Waals surface area contributed by atoms with Gasteiger partial charge in [0.2, 0.25) is 23.5 Å². The van der Waals surface area contributed by atoms with Crippen molar-refractivity contribution in [3.05, 3.63) is 70.0 Å². The number of ether oxygens (including phenoxy) is 2. The minimum atomic E-state index is -1.67. The summed E-state index contributed by atoms with van der Waals surface area (Å²) in [4.78, 5) is 27.3. The van der Waals surface area contributed by atoms with Crippen LogP contribution in [0.25, 0.3) is 45.9 Å². The summed E-state index contributed by atoms with van der Waals surface area (Å²) in [6.07, 6.45) is -3.70. The number of aryl methyl sites for hydroxylation is 6. The Balaban J connectivity index is 1.18. The molecule has 0 saturated carbocycles. The maximum atomic E-state index is 11.5. The second kappa shape index (κ2) is 20.7. The highest BCUT2D eigenvalue weighted by Gasteiger charge is 2.35. The lowest BCUT2D eigenvalue weighted by molar-refractivity contribution is -0.111. The number of aliphatic hydroxyl groups excluding tert-OH is 4. The van der Waals surface area contributed by atoms with Crippen molar-refractivity contribution < 1.29 is 38.9 Å². The van der Waals surface area contributed by atoms with Crippen LogP contribution < -0.4 is 20.1 Å². The molecule has 0 saturated heterocycles. The molecule has 2 aromatic carbocycles. The summed E-state index contributed by atoms with van der Waals surface area (Å²) >= 11 is 0. The molecule has 0 aliphatic carbocycles. The van der Waals surface area contributed by atoms with Crippen LogP contribution in [0, 0.1) is 13.8 Å². The Morgan fingerprint density at radius 1 is 0.597 bits per heavy atom. The van der Waals surface area contributed by atoms with E-state index in [0.29, 0.717) is 107 Å². The molecule has 6 N–H and O–H groups in total. The van der Waals surface area contributed by atoms with Crippen LogP contribution in [-0.2, 0) is 25.7 Å². The van der Waals surface area contributed by atoms with Gasteiger partial charge in [-0.3, -0.25) is 0 Å². The predicted molar refractivity (Wildman–Crippen MR) is 232 cm³/mol. The van der Waals surface area contributed by atoms with Crippen molar-refractivity contribution in [1.29, 1.82) is 0 Å². The minimum absolute atomic E-state index is 0.236. The van der Waals surface area contributed by atoms with Gasteiger partial charge in [-0.2, -0.15) is 9.97 Å². The van der Waals surface area contributed by atoms with E-state index in [4.69, 9.17) is 18.5 Å². The highest BCUT2D eigenvalue weighted by Crippen LogP contribution is 2.34. The van der Waals surface area contributed by atoms with Gasteiger partial charge in [-0.25, -0.2) is 19.9 Å². The van der Waals surface area contributed by atoms with Crippen LogP contribution in [0.3, 0.4) is 0 Å². The van der Waals surface area contributed by atoms with E-state index in [2.05, 4.69) is 50.9 Å². The van der Waals surface area contributed by atoms with E-state index in [9.17, 15) is 20.4 Å². The molecule has 4 aromatic heterocycles. The third-order valence-corrected chi connectivity index (χ3v) is 10.2. The van der Waals surface area contributed by atoms with Crippen molar-refractivity contribution in [3.63, 3.8) is 0 Å². The van der Waals surface area contributed by atoms with Gasteiger partial charge in [-0.15, -0.1) is 0 Å². The molecular weight excluding hydrogens is 797 g/mol. The SMILES string of the molecule is CCNc1nc(CC)cc(-c2nc(-c3cc(C)c(OCC(O)C(O)C(Oc4c(C)cc(-c5noc(-c6cc(CC)nc(NCC)n6)n5)cc4CC)C(O)CO)c(CC)c3)no2)n1. The fourth-order valence-electron chi connectivity index (χ4n) is 6.89. The molecule has 330 valence electrons. The number of nitrogens with one attached hydrogen (secondary N) is 2. The quantitative estimate of drug-likeness (QED) is 0.0535. The molecule has 4 unspecified atom stereocenters. The Kier molecular flexibility index (Phi) is 15.1. The smallest absolute Gasteiger partial charge is 0.277 e. The fourth-order valence-corrected chi connectivity index (χ4v) is 6.89. The van der Waals surface area contributed by atoms with Gasteiger partial charge in [-0.1, -0.05) is 38.0 Å². The Labute approximate surface area is 360 Å². The van der Waals surface area contributed by atoms with E-state index in [1.165, 1.54) is 0 Å². The van der Waals surface area contributed by atoms with Gasteiger partial charge in [-0.05, 0) is 112 Å². The molecule has 0 amide bonds. The van der Waals surface area contributed by atoms with Crippen molar-refractivity contribution >= 4 is 11.9 Å². The molecule has 0 radical (unpaired) electrons. The zero-order valence-electron chi connectivity index (χ0n) is 36.4. The van der Waals surface area contributed by atoms with Gasteiger partial charge in [0.05, 0.1) is 6.61 Å². The molecule has 6 aromatic rings. The van der Waals surface area contributed by atoms with Gasteiger partial charge >= 0.3 is 0 Å². The molecule has 62 heavy (non-hydrogen) atoms. The molecule has 0 aliphatic rings. The number of hydrogen-bond donors (Lipinski definition) is 6. The summed E-state index contributed by atoms with van der Waals surface area (Å²) in [7, 11) is 0. The second-order valence-electron chi connectivity index (χ2n) is 14.7. The van der Waals surface area contributed by atoms with E-state index in [1.54, 1.807) is 13.0 Å². The number of hydrogen-bond acceptors (Lipinski definition) is 18. The molecule has 0 aliphatic heterocycles. The van der Waals surface area contributed by atoms with Gasteiger partial charge in [0.25, 0.3) is 11.8 Å². The van der Waals surface area contributed by atoms with Crippen molar-refractivity contribution in [2.24, 2.45) is 0 Å². The highest BCUT2D eigenvalue weighted by molar-refractivity contribution is 5.65. The van der Waals surface area contributed by atoms with Gasteiger partial charge in [0.1, 0.15) is 47.8 Å². The van der Waals surface area contributed by atoms with Gasteiger partial charge < -0.3 is 49.6 Å². The maximum absolute atomic E-state index is 11.5. The van der Waals surface area contributed by atoms with Crippen molar-refractivity contribution in [3.8, 4) is 57.4 Å². The van der Waals surface area contributed by atoms with Crippen LogP contribution in [0.5, 0.6) is 11.5 Å². The fraction of sp³-hybridized carbons (Fsp3) is 0.455. The molecular formula is C44H56N10O8. The third kappa shape index (κ3) is 10.3. The molecule has 6 rings (SSSR count). The standard InChI is InChI=1S/C44H56N10O8/c1-9-25-17-27(39-51-41(61-53-39)31-19-29(11-3)47-43(49-31)45-13-5)15-23(7)36(25)59-22-34(57)35(58)38(33(56)21-55)60-37-24(8)16-28(18-26(37)10-2)40-52-42(62-54-40)32-20-30(12-4)48-44(50-32)46-14-6/h15-20,33-35,38,55-58H,9-14,21-22H2,1-8H3,(H,45,47,49)(H,46,48,50). The van der Waals surface area contributed by atoms with E-state index in [0.717, 1.165) is 22.5 Å². The Bertz CT molecular complexity index is 2440. The Morgan fingerprint density at radius 2 is 1.08 bits per heavy atom. The molecule has 18 heteroatoms. The lowest BCUT2D eigenvalue weighted by Gasteiger charge is -2.31. The zero-order chi connectivity index (χ0) is 44.5. The van der Waals surface area contributed by atoms with Crippen LogP contribution in [-0.4, -0.2) is 111 Å². The number of benzene rings is 2. The van der Waals surface area contributed by atoms with E-state index in [1.807, 2.05) is 78.8 Å². The number of rotatable bonds is 21. The molecule has 4 heterocycles. The Morgan fingerprint density at radius 3 is 1.53 bits per heavy atom. The molecule has 18 nitrogen and oxygen atoms in total. The number of nitrogens with zero attached hydrogens (tertiary/aromatic N) is 8. The highest BCUT2D eigenvalue weighted by atomic mass is 16.5. The maximum Gasteiger partial charge on any atom is 0.277 e. The molecule has 0 fully saturated rings. The average molecular weight is 853 g/mol. The normalized spacial score (nSPS) is 13.4. The molecule has 0 spiro atoms. The zero-order valence-corrected chi connectivity index (χ0v) is 36.4. The summed E-state index contributed by atoms with van der Waals surface area (Å²) in [6, 6.07) is 11.0. The lowest BCUT2D eigenvalue weighted by atomic mass is 10.00. The first-order valence-electron chi connectivity index (χ1n) is 21.1. The van der Waals surface area contributed by atoms with E-state index < -0.39 is 31.0 Å². The van der Waals surface area contributed by atoms with Gasteiger partial charge in [0, 0.05) is 35.6 Å². The average Bonchev–Trinajstić information content (AvgIpc) is 3.99. The summed E-state index contributed by atoms with van der Waals surface area (Å²) in [6.45, 7) is 15.7. The van der Waals surface area contributed by atoms with Crippen molar-refractivity contribution in [1.82, 2.24) is 40.2 Å². The minimum Gasteiger partial charge on any atom is -0.490 e. The monoisotopic (exact) mass is 852 g/mol. The summed E-state index contributed by atoms with van der Waals surface area (Å²) in [5.41, 5.74) is 6.90. The first-order valence-corrected chi connectivity index (χ1v) is 21.1. The van der Waals surface area contributed by atoms with Crippen LogP contribution in [0.4, 0.5) is 11.9 Å². The predicted octanol–water partition coefficient (Wildman–Crippen LogP) is 5.33. The Hall–Kier alpha value is -6.08. The second-order valence-corrected chi connectivity index (χ2v) is 14.7. The summed E-state index contributed by atoms with van der Waals surface area (Å²) in [5.74, 6) is 3.03. The van der Waals surface area contributed by atoms with Gasteiger partial charge in [0.15, 0.2) is 6.10 Å². The molecule has 4 atom stereocenters. The number of aromatic nitrogens is 8. The molecule has 0 bridgehead atoms. The van der Waals surface area contributed by atoms with E-state index in [-0.39, 0.29) is 18.4 Å². The van der Waals surface area contributed by atoms with Crippen LogP contribution in [0.2, 0.25) is 0 Å². The van der Waals surface area contributed by atoms with E-state index >= 15 is 0 Å². The first kappa shape index (κ1) is 45.4. The van der Waals surface area contributed by atoms with Crippen molar-refractivity contribution in [2.45, 2.75) is 105 Å². The third-order valence-electron chi connectivity index (χ3n) is 10.2. The van der Waals surface area contributed by atoms with Crippen LogP contribution >= 0.6 is 0 Å².